The second kappa shape index (κ2) is 10.5. The molecule has 2 fully saturated rings. The lowest BCUT2D eigenvalue weighted by molar-refractivity contribution is -0.0328. The molecule has 0 unspecified atom stereocenters. The molecule has 0 amide bonds. The third-order valence-electron chi connectivity index (χ3n) is 7.81. The summed E-state index contributed by atoms with van der Waals surface area (Å²) < 4.78 is 8.69. The van der Waals surface area contributed by atoms with Gasteiger partial charge in [0.15, 0.2) is 0 Å². The van der Waals surface area contributed by atoms with Crippen molar-refractivity contribution in [3.05, 3.63) is 53.2 Å². The standard InChI is InChI=1S/C29H35N3O.C2H6/c1-19(2)31-27-8-5-7-24(21(27)4)26-18-32(28-15-20(3)22(17-30)16-25(26)28)23-9-12-29(13-10-23)11-6-14-33-29;1-2/h5,7-8,15-16,18-19,23,31H,6,9-14H2,1-4H3;1-2H3. The third kappa shape index (κ3) is 4.84. The van der Waals surface area contributed by atoms with Gasteiger partial charge in [-0.05, 0) is 101 Å². The Morgan fingerprint density at radius 3 is 2.46 bits per heavy atom. The second-order valence-corrected chi connectivity index (χ2v) is 10.4. The van der Waals surface area contributed by atoms with E-state index < -0.39 is 0 Å². The molecule has 1 aliphatic carbocycles. The van der Waals surface area contributed by atoms with Crippen LogP contribution in [0.2, 0.25) is 0 Å². The van der Waals surface area contributed by atoms with Gasteiger partial charge in [0, 0.05) is 47.0 Å². The lowest BCUT2D eigenvalue weighted by Gasteiger charge is -2.37. The fraction of sp³-hybridized carbons (Fsp3) is 0.516. The zero-order valence-electron chi connectivity index (χ0n) is 22.4. The number of aromatic nitrogens is 1. The van der Waals surface area contributed by atoms with Crippen molar-refractivity contribution in [1.29, 1.82) is 5.26 Å². The predicted molar refractivity (Wildman–Crippen MR) is 147 cm³/mol. The van der Waals surface area contributed by atoms with Crippen LogP contribution in [-0.4, -0.2) is 22.8 Å². The van der Waals surface area contributed by atoms with Gasteiger partial charge in [-0.25, -0.2) is 0 Å². The Balaban J connectivity index is 0.00000141. The van der Waals surface area contributed by atoms with Gasteiger partial charge in [0.1, 0.15) is 0 Å². The molecule has 35 heavy (non-hydrogen) atoms. The molecule has 2 heterocycles. The average Bonchev–Trinajstić information content (AvgIpc) is 3.46. The van der Waals surface area contributed by atoms with E-state index in [0.29, 0.717) is 12.1 Å². The molecule has 1 saturated heterocycles. The van der Waals surface area contributed by atoms with Crippen molar-refractivity contribution >= 4 is 16.6 Å². The van der Waals surface area contributed by atoms with E-state index in [1.54, 1.807) is 0 Å². The van der Waals surface area contributed by atoms with E-state index in [2.05, 4.69) is 80.2 Å². The Bertz CT molecular complexity index is 1210. The van der Waals surface area contributed by atoms with E-state index in [-0.39, 0.29) is 5.60 Å². The van der Waals surface area contributed by atoms with Crippen LogP contribution in [0.15, 0.2) is 36.5 Å². The molecule has 1 aromatic heterocycles. The number of nitrogens with one attached hydrogen (secondary N) is 1. The summed E-state index contributed by atoms with van der Waals surface area (Å²) in [6, 6.07) is 14.1. The number of hydrogen-bond donors (Lipinski definition) is 1. The molecule has 0 bridgehead atoms. The number of ether oxygens (including phenoxy) is 1. The van der Waals surface area contributed by atoms with E-state index in [0.717, 1.165) is 43.4 Å². The molecule has 2 aliphatic rings. The van der Waals surface area contributed by atoms with Gasteiger partial charge in [0.05, 0.1) is 17.2 Å². The summed E-state index contributed by atoms with van der Waals surface area (Å²) in [5.74, 6) is 0. The van der Waals surface area contributed by atoms with Crippen molar-refractivity contribution in [1.82, 2.24) is 4.57 Å². The van der Waals surface area contributed by atoms with E-state index in [1.165, 1.54) is 46.1 Å². The zero-order chi connectivity index (χ0) is 25.2. The highest BCUT2D eigenvalue weighted by atomic mass is 16.5. The zero-order valence-corrected chi connectivity index (χ0v) is 22.4. The number of hydrogen-bond acceptors (Lipinski definition) is 3. The summed E-state index contributed by atoms with van der Waals surface area (Å²) in [4.78, 5) is 0. The van der Waals surface area contributed by atoms with Crippen LogP contribution in [-0.2, 0) is 4.74 Å². The van der Waals surface area contributed by atoms with Crippen LogP contribution in [0.5, 0.6) is 0 Å². The molecular formula is C31H41N3O. The maximum atomic E-state index is 9.73. The quantitative estimate of drug-likeness (QED) is 0.416. The van der Waals surface area contributed by atoms with Gasteiger partial charge in [-0.15, -0.1) is 0 Å². The highest BCUT2D eigenvalue weighted by Crippen LogP contribution is 2.45. The van der Waals surface area contributed by atoms with Crippen LogP contribution in [0.1, 0.15) is 89.0 Å². The molecule has 3 aromatic rings. The molecule has 1 aliphatic heterocycles. The largest absolute Gasteiger partial charge is 0.383 e. The first-order valence-corrected chi connectivity index (χ1v) is 13.5. The first-order valence-electron chi connectivity index (χ1n) is 13.5. The van der Waals surface area contributed by atoms with Gasteiger partial charge in [-0.3, -0.25) is 0 Å². The van der Waals surface area contributed by atoms with Crippen molar-refractivity contribution in [3.8, 4) is 17.2 Å². The summed E-state index contributed by atoms with van der Waals surface area (Å²) in [5, 5.41) is 14.5. The minimum atomic E-state index is 0.139. The normalized spacial score (nSPS) is 21.7. The molecule has 186 valence electrons. The van der Waals surface area contributed by atoms with E-state index in [9.17, 15) is 5.26 Å². The summed E-state index contributed by atoms with van der Waals surface area (Å²) in [5.41, 5.74) is 8.09. The van der Waals surface area contributed by atoms with Crippen LogP contribution in [0.25, 0.3) is 22.0 Å². The number of benzene rings is 2. The molecule has 0 atom stereocenters. The molecule has 0 radical (unpaired) electrons. The summed E-state index contributed by atoms with van der Waals surface area (Å²) in [6.45, 7) is 13.5. The molecule has 1 saturated carbocycles. The minimum absolute atomic E-state index is 0.139. The smallest absolute Gasteiger partial charge is 0.0994 e. The summed E-state index contributed by atoms with van der Waals surface area (Å²) in [6.07, 6.45) is 9.37. The average molecular weight is 472 g/mol. The number of rotatable bonds is 4. The first-order chi connectivity index (χ1) is 16.9. The summed E-state index contributed by atoms with van der Waals surface area (Å²) >= 11 is 0. The topological polar surface area (TPSA) is 50.0 Å². The predicted octanol–water partition coefficient (Wildman–Crippen LogP) is 8.31. The Kier molecular flexibility index (Phi) is 7.57. The maximum Gasteiger partial charge on any atom is 0.0994 e. The second-order valence-electron chi connectivity index (χ2n) is 10.4. The van der Waals surface area contributed by atoms with Gasteiger partial charge in [-0.1, -0.05) is 26.0 Å². The van der Waals surface area contributed by atoms with Gasteiger partial charge >= 0.3 is 0 Å². The first kappa shape index (κ1) is 25.3. The number of aryl methyl sites for hydroxylation is 1. The van der Waals surface area contributed by atoms with Crippen molar-refractivity contribution < 1.29 is 4.74 Å². The van der Waals surface area contributed by atoms with E-state index in [4.69, 9.17) is 4.74 Å². The third-order valence-corrected chi connectivity index (χ3v) is 7.81. The van der Waals surface area contributed by atoms with Gasteiger partial charge in [0.2, 0.25) is 0 Å². The molecule has 1 N–H and O–H groups in total. The van der Waals surface area contributed by atoms with E-state index in [1.807, 2.05) is 13.8 Å². The number of nitrogens with zero attached hydrogens (tertiary/aromatic N) is 2. The van der Waals surface area contributed by atoms with Crippen LogP contribution >= 0.6 is 0 Å². The SMILES string of the molecule is CC.Cc1cc2c(cc1C#N)c(-c1cccc(NC(C)C)c1C)cn2C1CCC2(CCCO2)CC1. The Hall–Kier alpha value is -2.77. The summed E-state index contributed by atoms with van der Waals surface area (Å²) in [7, 11) is 0. The molecular weight excluding hydrogens is 430 g/mol. The highest BCUT2D eigenvalue weighted by Gasteiger charge is 2.39. The van der Waals surface area contributed by atoms with Gasteiger partial charge in [-0.2, -0.15) is 5.26 Å². The van der Waals surface area contributed by atoms with Crippen LogP contribution in [0.4, 0.5) is 5.69 Å². The Morgan fingerprint density at radius 1 is 1.09 bits per heavy atom. The number of anilines is 1. The Morgan fingerprint density at radius 2 is 1.83 bits per heavy atom. The fourth-order valence-electron chi connectivity index (χ4n) is 5.99. The van der Waals surface area contributed by atoms with Crippen LogP contribution in [0, 0.1) is 25.2 Å². The van der Waals surface area contributed by atoms with E-state index >= 15 is 0 Å². The monoisotopic (exact) mass is 471 g/mol. The van der Waals surface area contributed by atoms with Crippen LogP contribution < -0.4 is 5.32 Å². The van der Waals surface area contributed by atoms with Crippen molar-refractivity contribution in [2.45, 2.75) is 97.8 Å². The van der Waals surface area contributed by atoms with Gasteiger partial charge < -0.3 is 14.6 Å². The highest BCUT2D eigenvalue weighted by molar-refractivity contribution is 5.99. The maximum absolute atomic E-state index is 9.73. The van der Waals surface area contributed by atoms with Crippen molar-refractivity contribution in [3.63, 3.8) is 0 Å². The minimum Gasteiger partial charge on any atom is -0.383 e. The molecule has 4 heteroatoms. The molecule has 2 aromatic carbocycles. The van der Waals surface area contributed by atoms with Gasteiger partial charge in [0.25, 0.3) is 0 Å². The van der Waals surface area contributed by atoms with Crippen molar-refractivity contribution in [2.24, 2.45) is 0 Å². The number of nitriles is 1. The van der Waals surface area contributed by atoms with Crippen LogP contribution in [0.3, 0.4) is 0 Å². The van der Waals surface area contributed by atoms with Crippen molar-refractivity contribution in [2.75, 3.05) is 11.9 Å². The number of fused-ring (bicyclic) bond motifs is 1. The molecule has 1 spiro atoms. The molecule has 4 nitrogen and oxygen atoms in total. The fourth-order valence-corrected chi connectivity index (χ4v) is 5.99. The molecule has 5 rings (SSSR count). The Labute approximate surface area is 211 Å². The lowest BCUT2D eigenvalue weighted by Crippen LogP contribution is -2.33. The lowest BCUT2D eigenvalue weighted by atomic mass is 9.80.